The summed E-state index contributed by atoms with van der Waals surface area (Å²) < 4.78 is 20.8. The van der Waals surface area contributed by atoms with Gasteiger partial charge in [0.05, 0.1) is 24.4 Å². The number of rotatable bonds is 5. The van der Waals surface area contributed by atoms with Gasteiger partial charge in [-0.25, -0.2) is 9.37 Å². The van der Waals surface area contributed by atoms with E-state index in [2.05, 4.69) is 20.9 Å². The lowest BCUT2D eigenvalue weighted by Gasteiger charge is -2.40. The first kappa shape index (κ1) is 24.4. The van der Waals surface area contributed by atoms with Gasteiger partial charge < -0.3 is 14.2 Å². The zero-order valence-electron chi connectivity index (χ0n) is 21.0. The van der Waals surface area contributed by atoms with E-state index in [-0.39, 0.29) is 23.0 Å². The molecular formula is C28H27FN6O2. The fourth-order valence-electron chi connectivity index (χ4n) is 5.07. The molecule has 0 amide bonds. The van der Waals surface area contributed by atoms with E-state index in [0.717, 1.165) is 17.0 Å². The van der Waals surface area contributed by atoms with E-state index < -0.39 is 0 Å². The van der Waals surface area contributed by atoms with Crippen molar-refractivity contribution < 1.29 is 9.13 Å². The van der Waals surface area contributed by atoms with Crippen molar-refractivity contribution >= 4 is 16.7 Å². The highest BCUT2D eigenvalue weighted by atomic mass is 19.1. The summed E-state index contributed by atoms with van der Waals surface area (Å²) in [6, 6.07) is 15.8. The topological polar surface area (TPSA) is 87.3 Å². The quantitative estimate of drug-likeness (QED) is 0.416. The lowest BCUT2D eigenvalue weighted by molar-refractivity contribution is 0.205. The van der Waals surface area contributed by atoms with Gasteiger partial charge in [-0.2, -0.15) is 5.26 Å². The van der Waals surface area contributed by atoms with E-state index in [1.54, 1.807) is 32.5 Å². The fourth-order valence-corrected chi connectivity index (χ4v) is 5.07. The Morgan fingerprint density at radius 3 is 2.49 bits per heavy atom. The highest BCUT2D eigenvalue weighted by Gasteiger charge is 2.31. The van der Waals surface area contributed by atoms with Crippen LogP contribution in [0.3, 0.4) is 0 Å². The van der Waals surface area contributed by atoms with Gasteiger partial charge in [0.15, 0.2) is 0 Å². The Labute approximate surface area is 214 Å². The van der Waals surface area contributed by atoms with Crippen molar-refractivity contribution in [1.29, 1.82) is 5.26 Å². The van der Waals surface area contributed by atoms with Crippen molar-refractivity contribution in [2.24, 2.45) is 7.05 Å². The van der Waals surface area contributed by atoms with Crippen LogP contribution < -0.4 is 15.2 Å². The third-order valence-electron chi connectivity index (χ3n) is 6.93. The molecular weight excluding hydrogens is 471 g/mol. The molecule has 4 aromatic rings. The van der Waals surface area contributed by atoms with E-state index in [4.69, 9.17) is 9.72 Å². The second-order valence-electron chi connectivity index (χ2n) is 9.09. The molecule has 3 aromatic heterocycles. The van der Waals surface area contributed by atoms with Crippen molar-refractivity contribution in [1.82, 2.24) is 19.4 Å². The number of nitriles is 1. The van der Waals surface area contributed by atoms with E-state index in [1.807, 2.05) is 31.2 Å². The summed E-state index contributed by atoms with van der Waals surface area (Å²) in [4.78, 5) is 26.7. The molecule has 0 radical (unpaired) electrons. The van der Waals surface area contributed by atoms with Gasteiger partial charge in [0.1, 0.15) is 34.4 Å². The normalized spacial score (nSPS) is 14.9. The Morgan fingerprint density at radius 1 is 1.08 bits per heavy atom. The molecule has 0 bridgehead atoms. The Kier molecular flexibility index (Phi) is 6.59. The molecule has 1 unspecified atom stereocenters. The molecule has 8 nitrogen and oxygen atoms in total. The van der Waals surface area contributed by atoms with Crippen molar-refractivity contribution in [3.63, 3.8) is 0 Å². The van der Waals surface area contributed by atoms with E-state index in [1.165, 1.54) is 16.7 Å². The first-order valence-corrected chi connectivity index (χ1v) is 12.1. The Balaban J connectivity index is 1.53. The van der Waals surface area contributed by atoms with Gasteiger partial charge in [0.2, 0.25) is 0 Å². The highest BCUT2D eigenvalue weighted by Crippen LogP contribution is 2.35. The van der Waals surface area contributed by atoms with Crippen LogP contribution in [0.1, 0.15) is 28.6 Å². The summed E-state index contributed by atoms with van der Waals surface area (Å²) in [6.45, 7) is 4.27. The summed E-state index contributed by atoms with van der Waals surface area (Å²) in [7, 11) is 3.28. The number of benzene rings is 1. The number of methoxy groups -OCH3 is 1. The number of piperazine rings is 1. The van der Waals surface area contributed by atoms with Gasteiger partial charge in [-0.1, -0.05) is 12.1 Å². The van der Waals surface area contributed by atoms with Crippen LogP contribution in [0.2, 0.25) is 0 Å². The van der Waals surface area contributed by atoms with Gasteiger partial charge >= 0.3 is 0 Å². The summed E-state index contributed by atoms with van der Waals surface area (Å²) >= 11 is 0. The molecule has 1 aromatic carbocycles. The average molecular weight is 499 g/mol. The molecule has 188 valence electrons. The van der Waals surface area contributed by atoms with Crippen LogP contribution in [0.25, 0.3) is 11.0 Å². The molecule has 0 N–H and O–H groups in total. The van der Waals surface area contributed by atoms with Gasteiger partial charge in [-0.3, -0.25) is 14.7 Å². The fraction of sp³-hybridized carbons (Fsp3) is 0.286. The molecule has 1 aliphatic heterocycles. The third-order valence-corrected chi connectivity index (χ3v) is 6.93. The maximum Gasteiger partial charge on any atom is 0.270 e. The molecule has 1 aliphatic rings. The molecule has 0 aliphatic carbocycles. The second-order valence-corrected chi connectivity index (χ2v) is 9.09. The van der Waals surface area contributed by atoms with Crippen molar-refractivity contribution in [2.45, 2.75) is 13.0 Å². The number of ether oxygens (including phenoxy) is 1. The minimum atomic E-state index is -0.333. The molecule has 1 atom stereocenters. The summed E-state index contributed by atoms with van der Waals surface area (Å²) in [5.74, 6) is 0.355. The zero-order valence-corrected chi connectivity index (χ0v) is 21.0. The van der Waals surface area contributed by atoms with Gasteiger partial charge in [-0.05, 0) is 48.9 Å². The van der Waals surface area contributed by atoms with Crippen molar-refractivity contribution in [3.05, 3.63) is 93.4 Å². The molecule has 1 fully saturated rings. The predicted molar refractivity (Wildman–Crippen MR) is 139 cm³/mol. The molecule has 4 heterocycles. The number of pyridine rings is 3. The Morgan fingerprint density at radius 2 is 1.81 bits per heavy atom. The van der Waals surface area contributed by atoms with Crippen molar-refractivity contribution in [3.8, 4) is 11.8 Å². The third kappa shape index (κ3) is 4.41. The minimum Gasteiger partial charge on any atom is -0.495 e. The predicted octanol–water partition coefficient (Wildman–Crippen LogP) is 3.57. The number of fused-ring (bicyclic) bond motifs is 1. The second kappa shape index (κ2) is 9.99. The smallest absolute Gasteiger partial charge is 0.270 e. The summed E-state index contributed by atoms with van der Waals surface area (Å²) in [5.41, 5.74) is 4.15. The number of hydrogen-bond donors (Lipinski definition) is 0. The zero-order chi connectivity index (χ0) is 26.1. The molecule has 1 saturated heterocycles. The van der Waals surface area contributed by atoms with Gasteiger partial charge in [0.25, 0.3) is 5.56 Å². The van der Waals surface area contributed by atoms with Gasteiger partial charge in [0, 0.05) is 45.1 Å². The number of anilines is 1. The number of aryl methyl sites for hydroxylation is 2. The first-order valence-electron chi connectivity index (χ1n) is 12.1. The maximum absolute atomic E-state index is 13.7. The van der Waals surface area contributed by atoms with Crippen LogP contribution in [-0.4, -0.2) is 52.7 Å². The van der Waals surface area contributed by atoms with E-state index >= 15 is 0 Å². The van der Waals surface area contributed by atoms with Gasteiger partial charge in [-0.15, -0.1) is 0 Å². The number of nitrogens with zero attached hydrogens (tertiary/aromatic N) is 6. The largest absolute Gasteiger partial charge is 0.495 e. The number of hydrogen-bond acceptors (Lipinski definition) is 7. The standard InChI is InChI=1S/C28H27FN6O2/c1-18-6-11-22-24(32-18)27(21(17-30)28(36)33(22)2)35-15-13-34(14-16-35)26(19-7-9-20(29)10-8-19)25-23(37-3)5-4-12-31-25/h4-12,26H,13-16H2,1-3H3. The molecule has 0 spiro atoms. The summed E-state index contributed by atoms with van der Waals surface area (Å²) in [6.07, 6.45) is 1.73. The van der Waals surface area contributed by atoms with Crippen LogP contribution in [0.4, 0.5) is 10.1 Å². The molecule has 37 heavy (non-hydrogen) atoms. The Hall–Kier alpha value is -4.29. The lowest BCUT2D eigenvalue weighted by atomic mass is 9.99. The van der Waals surface area contributed by atoms with E-state index in [0.29, 0.717) is 48.6 Å². The highest BCUT2D eigenvalue weighted by molar-refractivity contribution is 5.91. The van der Waals surface area contributed by atoms with Crippen LogP contribution in [-0.2, 0) is 7.05 Å². The lowest BCUT2D eigenvalue weighted by Crippen LogP contribution is -2.49. The number of halogens is 1. The van der Waals surface area contributed by atoms with Crippen LogP contribution in [0, 0.1) is 24.1 Å². The SMILES string of the molecule is COc1cccnc1C(c1ccc(F)cc1)N1CCN(c2c(C#N)c(=O)n(C)c3ccc(C)nc23)CC1. The molecule has 5 rings (SSSR count). The number of aromatic nitrogens is 3. The van der Waals surface area contributed by atoms with Crippen LogP contribution in [0.15, 0.2) is 59.5 Å². The average Bonchev–Trinajstić information content (AvgIpc) is 2.92. The van der Waals surface area contributed by atoms with Crippen LogP contribution >= 0.6 is 0 Å². The summed E-state index contributed by atoms with van der Waals surface area (Å²) in [5, 5.41) is 9.92. The first-order chi connectivity index (χ1) is 17.9. The Bertz CT molecular complexity index is 1550. The molecule has 9 heteroatoms. The van der Waals surface area contributed by atoms with Crippen LogP contribution in [0.5, 0.6) is 5.75 Å². The minimum absolute atomic E-state index is 0.100. The van der Waals surface area contributed by atoms with E-state index in [9.17, 15) is 14.4 Å². The van der Waals surface area contributed by atoms with Crippen molar-refractivity contribution in [2.75, 3.05) is 38.2 Å². The maximum atomic E-state index is 13.7. The monoisotopic (exact) mass is 498 g/mol. The molecule has 0 saturated carbocycles.